The van der Waals surface area contributed by atoms with Crippen molar-refractivity contribution in [3.63, 3.8) is 0 Å². The smallest absolute Gasteiger partial charge is 0.545 e. The number of carbonyl (C=O) groups is 1. The summed E-state index contributed by atoms with van der Waals surface area (Å²) in [4.78, 5) is 10.2. The maximum Gasteiger partial charge on any atom is 1.00 e. The van der Waals surface area contributed by atoms with Crippen LogP contribution in [0.3, 0.4) is 0 Å². The largest absolute Gasteiger partial charge is 1.00 e. The van der Waals surface area contributed by atoms with E-state index in [0.29, 0.717) is 10.6 Å². The van der Waals surface area contributed by atoms with Crippen molar-refractivity contribution in [1.82, 2.24) is 0 Å². The summed E-state index contributed by atoms with van der Waals surface area (Å²) in [5.74, 6) is -1.20. The number of hydrogen-bond acceptors (Lipinski definition) is 2. The zero-order valence-electron chi connectivity index (χ0n) is 8.08. The molecule has 14 heavy (non-hydrogen) atoms. The summed E-state index contributed by atoms with van der Waals surface area (Å²) < 4.78 is 0. The molecule has 0 fully saturated rings. The van der Waals surface area contributed by atoms with Crippen molar-refractivity contribution in [2.24, 2.45) is 0 Å². The minimum Gasteiger partial charge on any atom is -0.545 e. The molecular formula is C10H8ClNaO2. The minimum atomic E-state index is -1.20. The minimum absolute atomic E-state index is 0. The number of hydrogen-bond donors (Lipinski definition) is 0. The molecule has 0 bridgehead atoms. The van der Waals surface area contributed by atoms with Crippen LogP contribution < -0.4 is 34.7 Å². The molecule has 0 heterocycles. The van der Waals surface area contributed by atoms with E-state index in [1.54, 1.807) is 31.2 Å². The Balaban J connectivity index is 0.00000169. The fraction of sp³-hybridized carbons (Fsp3) is 0.100. The average Bonchev–Trinajstić information content (AvgIpc) is 2.03. The van der Waals surface area contributed by atoms with E-state index in [2.05, 4.69) is 0 Å². The van der Waals surface area contributed by atoms with Gasteiger partial charge in [-0.2, -0.15) is 0 Å². The van der Waals surface area contributed by atoms with E-state index in [1.165, 1.54) is 0 Å². The SMILES string of the molecule is CC(=CC(=O)[O-])c1cccc(Cl)c1.[Na+]. The Kier molecular flexibility index (Phi) is 6.12. The van der Waals surface area contributed by atoms with E-state index in [9.17, 15) is 9.90 Å². The number of aliphatic carboxylic acids is 1. The van der Waals surface area contributed by atoms with E-state index in [0.717, 1.165) is 11.6 Å². The third-order valence-electron chi connectivity index (χ3n) is 1.61. The Hall–Kier alpha value is -0.280. The zero-order chi connectivity index (χ0) is 9.84. The van der Waals surface area contributed by atoms with Gasteiger partial charge >= 0.3 is 29.6 Å². The molecule has 1 aromatic rings. The van der Waals surface area contributed by atoms with Gasteiger partial charge in [-0.3, -0.25) is 0 Å². The molecule has 0 atom stereocenters. The van der Waals surface area contributed by atoms with Crippen LogP contribution in [-0.2, 0) is 4.79 Å². The van der Waals surface area contributed by atoms with Crippen molar-refractivity contribution < 1.29 is 39.5 Å². The fourth-order valence-corrected chi connectivity index (χ4v) is 1.18. The molecule has 1 rings (SSSR count). The van der Waals surface area contributed by atoms with Gasteiger partial charge < -0.3 is 9.90 Å². The average molecular weight is 219 g/mol. The Bertz CT molecular complexity index is 361. The third-order valence-corrected chi connectivity index (χ3v) is 1.85. The Morgan fingerprint density at radius 1 is 1.50 bits per heavy atom. The summed E-state index contributed by atoms with van der Waals surface area (Å²) in [6.07, 6.45) is 1.05. The maximum absolute atomic E-state index is 10.2. The van der Waals surface area contributed by atoms with Gasteiger partial charge in [0.25, 0.3) is 0 Å². The molecule has 0 aromatic heterocycles. The number of carboxylic acids is 1. The molecule has 0 aliphatic carbocycles. The molecule has 0 N–H and O–H groups in total. The molecule has 0 saturated carbocycles. The van der Waals surface area contributed by atoms with Crippen molar-refractivity contribution in [1.29, 1.82) is 0 Å². The Morgan fingerprint density at radius 2 is 2.14 bits per heavy atom. The standard InChI is InChI=1S/C10H9ClO2.Na/c1-7(5-10(12)13)8-3-2-4-9(11)6-8;/h2-6H,1H3,(H,12,13);/q;+1/p-1. The zero-order valence-corrected chi connectivity index (χ0v) is 10.8. The van der Waals surface area contributed by atoms with Gasteiger partial charge in [-0.15, -0.1) is 0 Å². The van der Waals surface area contributed by atoms with E-state index in [1.807, 2.05) is 0 Å². The number of halogens is 1. The van der Waals surface area contributed by atoms with Crippen LogP contribution in [0.25, 0.3) is 5.57 Å². The monoisotopic (exact) mass is 218 g/mol. The van der Waals surface area contributed by atoms with Crippen LogP contribution in [0.1, 0.15) is 12.5 Å². The Morgan fingerprint density at radius 3 is 2.64 bits per heavy atom. The molecule has 1 aromatic carbocycles. The molecule has 0 saturated heterocycles. The van der Waals surface area contributed by atoms with Crippen LogP contribution in [0.4, 0.5) is 0 Å². The molecule has 0 radical (unpaired) electrons. The van der Waals surface area contributed by atoms with Gasteiger partial charge in [-0.25, -0.2) is 0 Å². The van der Waals surface area contributed by atoms with Gasteiger partial charge in [0.05, 0.1) is 5.97 Å². The Labute approximate surface area is 110 Å². The summed E-state index contributed by atoms with van der Waals surface area (Å²) in [7, 11) is 0. The first kappa shape index (κ1) is 13.7. The van der Waals surface area contributed by atoms with Crippen LogP contribution in [0, 0.1) is 0 Å². The van der Waals surface area contributed by atoms with Crippen LogP contribution >= 0.6 is 11.6 Å². The fourth-order valence-electron chi connectivity index (χ4n) is 0.994. The molecule has 0 spiro atoms. The van der Waals surface area contributed by atoms with E-state index in [4.69, 9.17) is 11.6 Å². The second-order valence-electron chi connectivity index (χ2n) is 2.66. The van der Waals surface area contributed by atoms with Gasteiger partial charge in [0.1, 0.15) is 0 Å². The molecular weight excluding hydrogens is 211 g/mol. The number of rotatable bonds is 2. The van der Waals surface area contributed by atoms with E-state index < -0.39 is 5.97 Å². The van der Waals surface area contributed by atoms with Crippen LogP contribution in [0.2, 0.25) is 5.02 Å². The van der Waals surface area contributed by atoms with Gasteiger partial charge in [0, 0.05) is 5.02 Å². The summed E-state index contributed by atoms with van der Waals surface area (Å²) in [6.45, 7) is 1.70. The second-order valence-corrected chi connectivity index (χ2v) is 3.09. The van der Waals surface area contributed by atoms with Crippen molar-refractivity contribution in [3.8, 4) is 0 Å². The number of allylic oxidation sites excluding steroid dienone is 1. The van der Waals surface area contributed by atoms with Crippen LogP contribution in [0.5, 0.6) is 0 Å². The second kappa shape index (κ2) is 6.25. The molecule has 4 heteroatoms. The summed E-state index contributed by atoms with van der Waals surface area (Å²) >= 11 is 5.74. The summed E-state index contributed by atoms with van der Waals surface area (Å²) in [6, 6.07) is 7.00. The van der Waals surface area contributed by atoms with Crippen molar-refractivity contribution >= 4 is 23.1 Å². The maximum atomic E-state index is 10.2. The summed E-state index contributed by atoms with van der Waals surface area (Å²) in [5.41, 5.74) is 1.42. The van der Waals surface area contributed by atoms with Gasteiger partial charge in [0.15, 0.2) is 0 Å². The van der Waals surface area contributed by atoms with Crippen LogP contribution in [-0.4, -0.2) is 5.97 Å². The predicted octanol–water partition coefficient (Wildman–Crippen LogP) is -1.50. The first-order valence-electron chi connectivity index (χ1n) is 3.75. The van der Waals surface area contributed by atoms with Gasteiger partial charge in [-0.1, -0.05) is 23.7 Å². The summed E-state index contributed by atoms with van der Waals surface area (Å²) in [5, 5.41) is 10.8. The van der Waals surface area contributed by atoms with Gasteiger partial charge in [0.2, 0.25) is 0 Å². The third kappa shape index (κ3) is 4.29. The number of benzene rings is 1. The van der Waals surface area contributed by atoms with Crippen molar-refractivity contribution in [2.45, 2.75) is 6.92 Å². The van der Waals surface area contributed by atoms with E-state index in [-0.39, 0.29) is 29.6 Å². The topological polar surface area (TPSA) is 40.1 Å². The number of carbonyl (C=O) groups excluding carboxylic acids is 1. The first-order chi connectivity index (χ1) is 6.09. The molecule has 2 nitrogen and oxygen atoms in total. The van der Waals surface area contributed by atoms with Crippen LogP contribution in [0.15, 0.2) is 30.3 Å². The molecule has 0 amide bonds. The molecule has 68 valence electrons. The molecule has 0 unspecified atom stereocenters. The normalized spacial score (nSPS) is 10.6. The quantitative estimate of drug-likeness (QED) is 0.448. The number of carboxylic acid groups (broad SMARTS) is 1. The van der Waals surface area contributed by atoms with E-state index >= 15 is 0 Å². The first-order valence-corrected chi connectivity index (χ1v) is 4.12. The van der Waals surface area contributed by atoms with Gasteiger partial charge in [-0.05, 0) is 36.3 Å². The molecule has 0 aliphatic heterocycles. The van der Waals surface area contributed by atoms with Crippen molar-refractivity contribution in [3.05, 3.63) is 40.9 Å². The predicted molar refractivity (Wildman–Crippen MR) is 50.1 cm³/mol. The molecule has 0 aliphatic rings. The van der Waals surface area contributed by atoms with Crippen molar-refractivity contribution in [2.75, 3.05) is 0 Å².